The molecule has 2 aromatic rings. The predicted octanol–water partition coefficient (Wildman–Crippen LogP) is 3.01. The van der Waals surface area contributed by atoms with Gasteiger partial charge in [-0.25, -0.2) is 0 Å². The molecule has 0 spiro atoms. The summed E-state index contributed by atoms with van der Waals surface area (Å²) >= 11 is 6.07. The second-order valence-corrected chi connectivity index (χ2v) is 4.40. The summed E-state index contributed by atoms with van der Waals surface area (Å²) in [7, 11) is 1.75. The number of halogens is 1. The topological polar surface area (TPSA) is 33.2 Å². The third-order valence-corrected chi connectivity index (χ3v) is 2.99. The molecule has 92 valence electrons. The highest BCUT2D eigenvalue weighted by atomic mass is 35.5. The van der Waals surface area contributed by atoms with Gasteiger partial charge in [-0.2, -0.15) is 0 Å². The van der Waals surface area contributed by atoms with Crippen molar-refractivity contribution in [3.63, 3.8) is 0 Å². The zero-order chi connectivity index (χ0) is 13.0. The van der Waals surface area contributed by atoms with Gasteiger partial charge in [-0.05, 0) is 23.8 Å². The molecule has 4 heteroatoms. The number of pyridine rings is 1. The molecular weight excluding hydrogens is 248 g/mol. The van der Waals surface area contributed by atoms with E-state index in [0.29, 0.717) is 17.1 Å². The largest absolute Gasteiger partial charge is 0.337 e. The fraction of sp³-hybridized carbons (Fsp3) is 0.143. The van der Waals surface area contributed by atoms with E-state index in [1.165, 1.54) is 0 Å². The van der Waals surface area contributed by atoms with E-state index in [-0.39, 0.29) is 5.91 Å². The second kappa shape index (κ2) is 5.65. The Balaban J connectivity index is 2.11. The van der Waals surface area contributed by atoms with Gasteiger partial charge in [-0.15, -0.1) is 0 Å². The first-order chi connectivity index (χ1) is 8.68. The van der Waals surface area contributed by atoms with Gasteiger partial charge < -0.3 is 4.90 Å². The molecule has 1 aromatic carbocycles. The molecule has 0 fully saturated rings. The Kier molecular flexibility index (Phi) is 3.95. The lowest BCUT2D eigenvalue weighted by molar-refractivity contribution is 0.0785. The number of nitrogens with zero attached hydrogens (tertiary/aromatic N) is 2. The molecule has 1 heterocycles. The number of carbonyl (C=O) groups excluding carboxylic acids is 1. The number of benzene rings is 1. The maximum atomic E-state index is 12.1. The Morgan fingerprint density at radius 1 is 1.28 bits per heavy atom. The molecule has 3 nitrogen and oxygen atoms in total. The summed E-state index contributed by atoms with van der Waals surface area (Å²) < 4.78 is 0. The maximum Gasteiger partial charge on any atom is 0.255 e. The van der Waals surface area contributed by atoms with Crippen molar-refractivity contribution in [2.45, 2.75) is 6.54 Å². The molecule has 0 unspecified atom stereocenters. The van der Waals surface area contributed by atoms with Crippen molar-refractivity contribution >= 4 is 17.5 Å². The van der Waals surface area contributed by atoms with E-state index in [0.717, 1.165) is 5.56 Å². The van der Waals surface area contributed by atoms with Gasteiger partial charge in [0.25, 0.3) is 5.91 Å². The van der Waals surface area contributed by atoms with Crippen LogP contribution in [0.5, 0.6) is 0 Å². The zero-order valence-corrected chi connectivity index (χ0v) is 10.8. The van der Waals surface area contributed by atoms with E-state index in [9.17, 15) is 4.79 Å². The lowest BCUT2D eigenvalue weighted by Crippen LogP contribution is -2.26. The Morgan fingerprint density at radius 3 is 2.72 bits per heavy atom. The number of amides is 1. The molecule has 0 aliphatic carbocycles. The molecule has 0 saturated carbocycles. The van der Waals surface area contributed by atoms with Crippen molar-refractivity contribution in [2.24, 2.45) is 0 Å². The van der Waals surface area contributed by atoms with Crippen LogP contribution in [-0.4, -0.2) is 22.8 Å². The SMILES string of the molecule is CN(Cc1ccccc1Cl)C(=O)c1cccnc1. The van der Waals surface area contributed by atoms with Gasteiger partial charge in [0.05, 0.1) is 5.56 Å². The van der Waals surface area contributed by atoms with Crippen LogP contribution in [0.15, 0.2) is 48.8 Å². The molecule has 18 heavy (non-hydrogen) atoms. The van der Waals surface area contributed by atoms with Crippen molar-refractivity contribution < 1.29 is 4.79 Å². The van der Waals surface area contributed by atoms with Crippen LogP contribution in [-0.2, 0) is 6.54 Å². The van der Waals surface area contributed by atoms with Gasteiger partial charge in [0.2, 0.25) is 0 Å². The van der Waals surface area contributed by atoms with Crippen LogP contribution in [0.2, 0.25) is 5.02 Å². The van der Waals surface area contributed by atoms with Crippen molar-refractivity contribution in [3.8, 4) is 0 Å². The third-order valence-electron chi connectivity index (χ3n) is 2.62. The summed E-state index contributed by atoms with van der Waals surface area (Å²) in [4.78, 5) is 17.7. The molecule has 0 radical (unpaired) electrons. The number of hydrogen-bond donors (Lipinski definition) is 0. The smallest absolute Gasteiger partial charge is 0.255 e. The summed E-state index contributed by atoms with van der Waals surface area (Å²) in [6.45, 7) is 0.480. The van der Waals surface area contributed by atoms with Crippen LogP contribution in [0.4, 0.5) is 0 Å². The minimum absolute atomic E-state index is 0.0666. The maximum absolute atomic E-state index is 12.1. The fourth-order valence-corrected chi connectivity index (χ4v) is 1.86. The zero-order valence-electron chi connectivity index (χ0n) is 10.0. The first kappa shape index (κ1) is 12.6. The molecule has 0 N–H and O–H groups in total. The highest BCUT2D eigenvalue weighted by Gasteiger charge is 2.12. The highest BCUT2D eigenvalue weighted by molar-refractivity contribution is 6.31. The molecule has 0 bridgehead atoms. The molecule has 1 aromatic heterocycles. The van der Waals surface area contributed by atoms with E-state index in [1.54, 1.807) is 36.5 Å². The third kappa shape index (κ3) is 2.87. The standard InChI is InChI=1S/C14H13ClN2O/c1-17(10-12-5-2-3-7-13(12)15)14(18)11-6-4-8-16-9-11/h2-9H,10H2,1H3. The van der Waals surface area contributed by atoms with Crippen LogP contribution in [0.3, 0.4) is 0 Å². The Hall–Kier alpha value is -1.87. The van der Waals surface area contributed by atoms with Gasteiger partial charge in [-0.1, -0.05) is 29.8 Å². The quantitative estimate of drug-likeness (QED) is 0.850. The van der Waals surface area contributed by atoms with Gasteiger partial charge >= 0.3 is 0 Å². The van der Waals surface area contributed by atoms with Crippen LogP contribution in [0.25, 0.3) is 0 Å². The average molecular weight is 261 g/mol. The molecule has 0 aliphatic rings. The van der Waals surface area contributed by atoms with Crippen LogP contribution in [0, 0.1) is 0 Å². The van der Waals surface area contributed by atoms with Crippen LogP contribution >= 0.6 is 11.6 Å². The van der Waals surface area contributed by atoms with Gasteiger partial charge in [0, 0.05) is 31.0 Å². The summed E-state index contributed by atoms with van der Waals surface area (Å²) in [5.74, 6) is -0.0666. The lowest BCUT2D eigenvalue weighted by Gasteiger charge is -2.17. The summed E-state index contributed by atoms with van der Waals surface area (Å²) in [6, 6.07) is 11.0. The van der Waals surface area contributed by atoms with Gasteiger partial charge in [0.15, 0.2) is 0 Å². The lowest BCUT2D eigenvalue weighted by atomic mass is 10.2. The van der Waals surface area contributed by atoms with E-state index in [4.69, 9.17) is 11.6 Å². The summed E-state index contributed by atoms with van der Waals surface area (Å²) in [5.41, 5.74) is 1.51. The van der Waals surface area contributed by atoms with E-state index >= 15 is 0 Å². The molecule has 2 rings (SSSR count). The monoisotopic (exact) mass is 260 g/mol. The second-order valence-electron chi connectivity index (χ2n) is 3.99. The Labute approximate surface area is 111 Å². The highest BCUT2D eigenvalue weighted by Crippen LogP contribution is 2.17. The van der Waals surface area contributed by atoms with E-state index in [1.807, 2.05) is 24.3 Å². The van der Waals surface area contributed by atoms with Crippen molar-refractivity contribution in [1.82, 2.24) is 9.88 Å². The predicted molar refractivity (Wildman–Crippen MR) is 71.5 cm³/mol. The van der Waals surface area contributed by atoms with Crippen LogP contribution in [0.1, 0.15) is 15.9 Å². The first-order valence-electron chi connectivity index (χ1n) is 5.57. The van der Waals surface area contributed by atoms with Crippen molar-refractivity contribution in [3.05, 3.63) is 64.9 Å². The summed E-state index contributed by atoms with van der Waals surface area (Å²) in [5, 5.41) is 0.670. The molecule has 0 saturated heterocycles. The van der Waals surface area contributed by atoms with Crippen molar-refractivity contribution in [2.75, 3.05) is 7.05 Å². The number of carbonyl (C=O) groups is 1. The van der Waals surface area contributed by atoms with Gasteiger partial charge in [-0.3, -0.25) is 9.78 Å². The number of aromatic nitrogens is 1. The molecule has 0 aliphatic heterocycles. The minimum atomic E-state index is -0.0666. The summed E-state index contributed by atoms with van der Waals surface area (Å²) in [6.07, 6.45) is 3.20. The Morgan fingerprint density at radius 2 is 2.06 bits per heavy atom. The van der Waals surface area contributed by atoms with E-state index < -0.39 is 0 Å². The number of hydrogen-bond acceptors (Lipinski definition) is 2. The van der Waals surface area contributed by atoms with E-state index in [2.05, 4.69) is 4.98 Å². The fourth-order valence-electron chi connectivity index (χ4n) is 1.66. The van der Waals surface area contributed by atoms with Crippen LogP contribution < -0.4 is 0 Å². The first-order valence-corrected chi connectivity index (χ1v) is 5.95. The molecular formula is C14H13ClN2O. The normalized spacial score (nSPS) is 10.1. The molecule has 0 atom stereocenters. The minimum Gasteiger partial charge on any atom is -0.337 e. The van der Waals surface area contributed by atoms with Gasteiger partial charge in [0.1, 0.15) is 0 Å². The average Bonchev–Trinajstić information content (AvgIpc) is 2.41. The molecule has 1 amide bonds. The van der Waals surface area contributed by atoms with Crippen molar-refractivity contribution in [1.29, 1.82) is 0 Å². The number of rotatable bonds is 3. The Bertz CT molecular complexity index is 543.